The normalized spacial score (nSPS) is 11.7. The standard InChI is InChI=1S/C18H16ClF2NO3/c1-11(25-18(24)16-14(19)3-2-4-15(16)21)17(23)22-10-9-12-5-7-13(20)8-6-12/h2-8,11H,9-10H2,1H3,(H,22,23)/t11-/m1/s1. The summed E-state index contributed by atoms with van der Waals surface area (Å²) in [6.07, 6.45) is -0.623. The topological polar surface area (TPSA) is 55.4 Å². The molecule has 132 valence electrons. The van der Waals surface area contributed by atoms with E-state index < -0.39 is 29.4 Å². The van der Waals surface area contributed by atoms with E-state index in [4.69, 9.17) is 16.3 Å². The summed E-state index contributed by atoms with van der Waals surface area (Å²) in [7, 11) is 0. The third kappa shape index (κ3) is 5.26. The molecule has 0 spiro atoms. The molecular weight excluding hydrogens is 352 g/mol. The summed E-state index contributed by atoms with van der Waals surface area (Å²) in [5.74, 6) is -2.69. The maximum atomic E-state index is 13.7. The zero-order valence-corrected chi connectivity index (χ0v) is 14.1. The number of ether oxygens (including phenoxy) is 1. The summed E-state index contributed by atoms with van der Waals surface area (Å²) in [5.41, 5.74) is 0.444. The number of hydrogen-bond acceptors (Lipinski definition) is 3. The highest BCUT2D eigenvalue weighted by molar-refractivity contribution is 6.33. The summed E-state index contributed by atoms with van der Waals surface area (Å²) < 4.78 is 31.4. The number of carbonyl (C=O) groups excluding carboxylic acids is 2. The summed E-state index contributed by atoms with van der Waals surface area (Å²) >= 11 is 5.78. The van der Waals surface area contributed by atoms with Crippen molar-refractivity contribution in [3.8, 4) is 0 Å². The van der Waals surface area contributed by atoms with E-state index in [0.717, 1.165) is 11.6 Å². The van der Waals surface area contributed by atoms with Gasteiger partial charge in [0.1, 0.15) is 17.2 Å². The number of halogens is 3. The van der Waals surface area contributed by atoms with Crippen LogP contribution in [0, 0.1) is 11.6 Å². The van der Waals surface area contributed by atoms with Crippen molar-refractivity contribution in [3.63, 3.8) is 0 Å². The summed E-state index contributed by atoms with van der Waals surface area (Å²) in [6, 6.07) is 9.69. The van der Waals surface area contributed by atoms with Crippen molar-refractivity contribution in [2.45, 2.75) is 19.4 Å². The maximum Gasteiger partial charge on any atom is 0.343 e. The van der Waals surface area contributed by atoms with Gasteiger partial charge in [0, 0.05) is 6.54 Å². The van der Waals surface area contributed by atoms with Crippen LogP contribution >= 0.6 is 11.6 Å². The molecule has 0 bridgehead atoms. The van der Waals surface area contributed by atoms with E-state index in [9.17, 15) is 18.4 Å². The van der Waals surface area contributed by atoms with Gasteiger partial charge in [0.2, 0.25) is 0 Å². The Balaban J connectivity index is 1.85. The minimum absolute atomic E-state index is 0.0890. The quantitative estimate of drug-likeness (QED) is 0.795. The fourth-order valence-electron chi connectivity index (χ4n) is 2.09. The van der Waals surface area contributed by atoms with E-state index >= 15 is 0 Å². The van der Waals surface area contributed by atoms with Crippen molar-refractivity contribution in [1.29, 1.82) is 0 Å². The second kappa shape index (κ2) is 8.58. The molecule has 1 amide bonds. The van der Waals surface area contributed by atoms with E-state index in [1.54, 1.807) is 12.1 Å². The first-order valence-electron chi connectivity index (χ1n) is 7.55. The number of hydrogen-bond donors (Lipinski definition) is 1. The van der Waals surface area contributed by atoms with Crippen LogP contribution in [0.5, 0.6) is 0 Å². The number of amides is 1. The van der Waals surface area contributed by atoms with Gasteiger partial charge in [0.25, 0.3) is 5.91 Å². The fourth-order valence-corrected chi connectivity index (χ4v) is 2.33. The molecule has 4 nitrogen and oxygen atoms in total. The highest BCUT2D eigenvalue weighted by Gasteiger charge is 2.22. The Labute approximate surface area is 148 Å². The maximum absolute atomic E-state index is 13.7. The van der Waals surface area contributed by atoms with E-state index in [2.05, 4.69) is 5.32 Å². The SMILES string of the molecule is C[C@@H](OC(=O)c1c(F)cccc1Cl)C(=O)NCCc1ccc(F)cc1. The fraction of sp³-hybridized carbons (Fsp3) is 0.222. The number of nitrogens with one attached hydrogen (secondary N) is 1. The molecular formula is C18H16ClF2NO3. The molecule has 2 aromatic rings. The van der Waals surface area contributed by atoms with Crippen LogP contribution in [0.2, 0.25) is 5.02 Å². The predicted molar refractivity (Wildman–Crippen MR) is 89.4 cm³/mol. The Bertz CT molecular complexity index is 745. The summed E-state index contributed by atoms with van der Waals surface area (Å²) in [5, 5.41) is 2.51. The molecule has 0 aliphatic rings. The van der Waals surface area contributed by atoms with E-state index in [-0.39, 0.29) is 17.4 Å². The Kier molecular flexibility index (Phi) is 6.47. The summed E-state index contributed by atoms with van der Waals surface area (Å²) in [6.45, 7) is 1.66. The lowest BCUT2D eigenvalue weighted by molar-refractivity contribution is -0.129. The third-order valence-corrected chi connectivity index (χ3v) is 3.76. The largest absolute Gasteiger partial charge is 0.449 e. The van der Waals surface area contributed by atoms with Crippen LogP contribution in [-0.4, -0.2) is 24.5 Å². The van der Waals surface area contributed by atoms with Crippen molar-refractivity contribution in [2.24, 2.45) is 0 Å². The number of carbonyl (C=O) groups is 2. The molecule has 0 aromatic heterocycles. The number of rotatable bonds is 6. The van der Waals surface area contributed by atoms with Crippen LogP contribution in [0.3, 0.4) is 0 Å². The van der Waals surface area contributed by atoms with Gasteiger partial charge in [-0.05, 0) is 43.2 Å². The predicted octanol–water partition coefficient (Wildman–Crippen LogP) is 3.52. The van der Waals surface area contributed by atoms with Crippen molar-refractivity contribution in [3.05, 3.63) is 70.2 Å². The minimum atomic E-state index is -1.11. The first-order chi connectivity index (χ1) is 11.9. The monoisotopic (exact) mass is 367 g/mol. The van der Waals surface area contributed by atoms with E-state index in [1.165, 1.54) is 31.2 Å². The lowest BCUT2D eigenvalue weighted by Gasteiger charge is -2.14. The lowest BCUT2D eigenvalue weighted by atomic mass is 10.1. The van der Waals surface area contributed by atoms with Crippen LogP contribution in [0.1, 0.15) is 22.8 Å². The van der Waals surface area contributed by atoms with Crippen LogP contribution in [0.25, 0.3) is 0 Å². The van der Waals surface area contributed by atoms with Gasteiger partial charge in [0.15, 0.2) is 6.10 Å². The van der Waals surface area contributed by atoms with Crippen LogP contribution in [0.15, 0.2) is 42.5 Å². The molecule has 1 N–H and O–H groups in total. The van der Waals surface area contributed by atoms with Crippen LogP contribution in [0.4, 0.5) is 8.78 Å². The van der Waals surface area contributed by atoms with Crippen LogP contribution in [-0.2, 0) is 16.0 Å². The summed E-state index contributed by atoms with van der Waals surface area (Å²) in [4.78, 5) is 23.9. The molecule has 0 fully saturated rings. The lowest BCUT2D eigenvalue weighted by Crippen LogP contribution is -2.37. The molecule has 0 unspecified atom stereocenters. The molecule has 25 heavy (non-hydrogen) atoms. The van der Waals surface area contributed by atoms with Gasteiger partial charge >= 0.3 is 5.97 Å². The third-order valence-electron chi connectivity index (χ3n) is 3.45. The van der Waals surface area contributed by atoms with Gasteiger partial charge in [-0.25, -0.2) is 13.6 Å². The zero-order valence-electron chi connectivity index (χ0n) is 13.4. The van der Waals surface area contributed by atoms with Gasteiger partial charge in [-0.3, -0.25) is 4.79 Å². The first kappa shape index (κ1) is 18.9. The Hall–Kier alpha value is -2.47. The Morgan fingerprint density at radius 2 is 1.84 bits per heavy atom. The minimum Gasteiger partial charge on any atom is -0.449 e. The highest BCUT2D eigenvalue weighted by Crippen LogP contribution is 2.20. The number of esters is 1. The van der Waals surface area contributed by atoms with Crippen molar-refractivity contribution < 1.29 is 23.1 Å². The van der Waals surface area contributed by atoms with Crippen molar-refractivity contribution in [1.82, 2.24) is 5.32 Å². The molecule has 0 radical (unpaired) electrons. The molecule has 0 aliphatic heterocycles. The molecule has 0 heterocycles. The smallest absolute Gasteiger partial charge is 0.343 e. The molecule has 0 saturated heterocycles. The average Bonchev–Trinajstić information content (AvgIpc) is 2.56. The van der Waals surface area contributed by atoms with E-state index in [1.807, 2.05) is 0 Å². The van der Waals surface area contributed by atoms with Crippen molar-refractivity contribution >= 4 is 23.5 Å². The van der Waals surface area contributed by atoms with Gasteiger partial charge in [-0.15, -0.1) is 0 Å². The Morgan fingerprint density at radius 1 is 1.16 bits per heavy atom. The van der Waals surface area contributed by atoms with Gasteiger partial charge in [0.05, 0.1) is 5.02 Å². The van der Waals surface area contributed by atoms with Gasteiger partial charge < -0.3 is 10.1 Å². The average molecular weight is 368 g/mol. The second-order valence-electron chi connectivity index (χ2n) is 5.31. The molecule has 2 aromatic carbocycles. The van der Waals surface area contributed by atoms with Gasteiger partial charge in [-0.1, -0.05) is 29.8 Å². The molecule has 0 saturated carbocycles. The van der Waals surface area contributed by atoms with Gasteiger partial charge in [-0.2, -0.15) is 0 Å². The molecule has 2 rings (SSSR count). The number of benzene rings is 2. The highest BCUT2D eigenvalue weighted by atomic mass is 35.5. The van der Waals surface area contributed by atoms with Crippen molar-refractivity contribution in [2.75, 3.05) is 6.54 Å². The first-order valence-corrected chi connectivity index (χ1v) is 7.93. The Morgan fingerprint density at radius 3 is 2.48 bits per heavy atom. The molecule has 0 aliphatic carbocycles. The zero-order chi connectivity index (χ0) is 18.4. The second-order valence-corrected chi connectivity index (χ2v) is 5.72. The molecule has 1 atom stereocenters. The van der Waals surface area contributed by atoms with E-state index in [0.29, 0.717) is 6.42 Å². The molecule has 7 heteroatoms. The van der Waals surface area contributed by atoms with Crippen LogP contribution < -0.4 is 5.32 Å².